The molecule has 13 heavy (non-hydrogen) atoms. The summed E-state index contributed by atoms with van der Waals surface area (Å²) >= 11 is 5.34. The third-order valence-corrected chi connectivity index (χ3v) is 2.07. The third kappa shape index (κ3) is 3.14. The van der Waals surface area contributed by atoms with Crippen molar-refractivity contribution >= 4 is 24.0 Å². The molecular formula is C8H7ClF2OS. The summed E-state index contributed by atoms with van der Waals surface area (Å²) in [6, 6.07) is 4.15. The zero-order chi connectivity index (χ0) is 9.68. The molecule has 1 aromatic rings. The van der Waals surface area contributed by atoms with Crippen LogP contribution >= 0.6 is 24.0 Å². The van der Waals surface area contributed by atoms with Gasteiger partial charge in [-0.15, -0.1) is 15.5 Å². The van der Waals surface area contributed by atoms with Crippen LogP contribution in [0.25, 0.3) is 0 Å². The van der Waals surface area contributed by atoms with Gasteiger partial charge in [0, 0.05) is 5.88 Å². The SMILES string of the molecule is FSOCc1cc(F)ccc1CCl. The molecule has 0 heterocycles. The van der Waals surface area contributed by atoms with Gasteiger partial charge in [0.2, 0.25) is 12.4 Å². The summed E-state index contributed by atoms with van der Waals surface area (Å²) in [5.74, 6) is -0.119. The molecule has 0 aromatic heterocycles. The second kappa shape index (κ2) is 5.42. The van der Waals surface area contributed by atoms with Crippen LogP contribution in [0.15, 0.2) is 18.2 Å². The first-order chi connectivity index (χ1) is 6.27. The molecule has 72 valence electrons. The van der Waals surface area contributed by atoms with E-state index >= 15 is 0 Å². The van der Waals surface area contributed by atoms with Gasteiger partial charge >= 0.3 is 0 Å². The smallest absolute Gasteiger partial charge is 0.208 e. The molecule has 1 aromatic carbocycles. The molecule has 5 heteroatoms. The molecule has 0 fully saturated rings. The van der Waals surface area contributed by atoms with E-state index in [1.807, 2.05) is 0 Å². The lowest BCUT2D eigenvalue weighted by Crippen LogP contribution is -1.93. The predicted octanol–water partition coefficient (Wildman–Crippen LogP) is 3.61. The minimum absolute atomic E-state index is 0.0149. The van der Waals surface area contributed by atoms with E-state index < -0.39 is 0 Å². The van der Waals surface area contributed by atoms with Gasteiger partial charge < -0.3 is 0 Å². The molecular weight excluding hydrogens is 218 g/mol. The van der Waals surface area contributed by atoms with Crippen LogP contribution in [0.4, 0.5) is 8.28 Å². The van der Waals surface area contributed by atoms with Crippen LogP contribution in [0.3, 0.4) is 0 Å². The van der Waals surface area contributed by atoms with Gasteiger partial charge in [-0.2, -0.15) is 0 Å². The highest BCUT2D eigenvalue weighted by Gasteiger charge is 2.03. The Kier molecular flexibility index (Phi) is 4.48. The topological polar surface area (TPSA) is 9.23 Å². The number of rotatable bonds is 4. The Bertz CT molecular complexity index is 283. The zero-order valence-corrected chi connectivity index (χ0v) is 8.17. The first-order valence-electron chi connectivity index (χ1n) is 3.51. The summed E-state index contributed by atoms with van der Waals surface area (Å²) in [4.78, 5) is 0. The number of halogens is 3. The van der Waals surface area contributed by atoms with Crippen molar-refractivity contribution in [3.05, 3.63) is 35.1 Å². The molecule has 1 rings (SSSR count). The van der Waals surface area contributed by atoms with Gasteiger partial charge in [-0.1, -0.05) is 6.07 Å². The van der Waals surface area contributed by atoms with Crippen molar-refractivity contribution in [2.24, 2.45) is 0 Å². The maximum absolute atomic E-state index is 12.7. The number of hydrogen-bond acceptors (Lipinski definition) is 2. The van der Waals surface area contributed by atoms with Crippen molar-refractivity contribution in [1.82, 2.24) is 0 Å². The largest absolute Gasteiger partial charge is 0.283 e. The predicted molar refractivity (Wildman–Crippen MR) is 49.4 cm³/mol. The fraction of sp³-hybridized carbons (Fsp3) is 0.250. The summed E-state index contributed by atoms with van der Waals surface area (Å²) in [7, 11) is 0. The number of benzene rings is 1. The Labute approximate surface area is 84.5 Å². The first-order valence-corrected chi connectivity index (χ1v) is 4.69. The molecule has 0 bridgehead atoms. The summed E-state index contributed by atoms with van der Waals surface area (Å²) in [6.07, 6.45) is 0. The highest BCUT2D eigenvalue weighted by molar-refractivity contribution is 7.89. The average Bonchev–Trinajstić information content (AvgIpc) is 2.15. The minimum Gasteiger partial charge on any atom is -0.283 e. The molecule has 0 spiro atoms. The van der Waals surface area contributed by atoms with Crippen LogP contribution in [-0.4, -0.2) is 0 Å². The highest BCUT2D eigenvalue weighted by atomic mass is 35.5. The van der Waals surface area contributed by atoms with Gasteiger partial charge in [-0.3, -0.25) is 4.18 Å². The van der Waals surface area contributed by atoms with Gasteiger partial charge in [-0.25, -0.2) is 4.39 Å². The first kappa shape index (κ1) is 10.8. The summed E-state index contributed by atoms with van der Waals surface area (Å²) in [5, 5.41) is 0. The molecule has 0 saturated heterocycles. The summed E-state index contributed by atoms with van der Waals surface area (Å²) in [6.45, 7) is 0.0149. The van der Waals surface area contributed by atoms with E-state index in [-0.39, 0.29) is 30.7 Å². The molecule has 0 unspecified atom stereocenters. The quantitative estimate of drug-likeness (QED) is 0.571. The second-order valence-electron chi connectivity index (χ2n) is 2.37. The van der Waals surface area contributed by atoms with Gasteiger partial charge in [-0.05, 0) is 23.3 Å². The number of hydrogen-bond donors (Lipinski definition) is 0. The van der Waals surface area contributed by atoms with Gasteiger partial charge in [0.05, 0.1) is 6.61 Å². The molecule has 0 saturated carbocycles. The van der Waals surface area contributed by atoms with Crippen LogP contribution < -0.4 is 0 Å². The van der Waals surface area contributed by atoms with Gasteiger partial charge in [0.1, 0.15) is 5.82 Å². The Morgan fingerprint density at radius 1 is 1.38 bits per heavy atom. The number of alkyl halides is 1. The van der Waals surface area contributed by atoms with E-state index in [1.165, 1.54) is 12.1 Å². The van der Waals surface area contributed by atoms with E-state index in [2.05, 4.69) is 4.18 Å². The minimum atomic E-state index is -0.378. The van der Waals surface area contributed by atoms with E-state index in [1.54, 1.807) is 6.07 Å². The summed E-state index contributed by atoms with van der Waals surface area (Å²) in [5.41, 5.74) is 1.32. The lowest BCUT2D eigenvalue weighted by atomic mass is 10.1. The van der Waals surface area contributed by atoms with Crippen molar-refractivity contribution in [3.8, 4) is 0 Å². The Balaban J connectivity index is 2.81. The highest BCUT2D eigenvalue weighted by Crippen LogP contribution is 2.17. The Morgan fingerprint density at radius 3 is 2.77 bits per heavy atom. The molecule has 1 nitrogen and oxygen atoms in total. The average molecular weight is 225 g/mol. The van der Waals surface area contributed by atoms with Crippen molar-refractivity contribution in [2.45, 2.75) is 12.5 Å². The molecule has 0 atom stereocenters. The molecule has 0 aliphatic rings. The molecule has 0 aliphatic carbocycles. The molecule has 0 N–H and O–H groups in total. The molecule has 0 radical (unpaired) electrons. The zero-order valence-electron chi connectivity index (χ0n) is 6.60. The lowest BCUT2D eigenvalue weighted by molar-refractivity contribution is 0.348. The maximum atomic E-state index is 12.7. The van der Waals surface area contributed by atoms with Crippen molar-refractivity contribution in [1.29, 1.82) is 0 Å². The van der Waals surface area contributed by atoms with Gasteiger partial charge in [0.25, 0.3) is 0 Å². The molecule has 0 aliphatic heterocycles. The fourth-order valence-corrected chi connectivity index (χ4v) is 1.38. The van der Waals surface area contributed by atoms with E-state index in [9.17, 15) is 8.28 Å². The van der Waals surface area contributed by atoms with Crippen molar-refractivity contribution < 1.29 is 12.5 Å². The Morgan fingerprint density at radius 2 is 2.15 bits per heavy atom. The van der Waals surface area contributed by atoms with Crippen molar-refractivity contribution in [3.63, 3.8) is 0 Å². The van der Waals surface area contributed by atoms with Crippen molar-refractivity contribution in [2.75, 3.05) is 0 Å². The van der Waals surface area contributed by atoms with Crippen LogP contribution in [0, 0.1) is 5.82 Å². The third-order valence-electron chi connectivity index (χ3n) is 1.57. The van der Waals surface area contributed by atoms with E-state index in [0.29, 0.717) is 5.56 Å². The monoisotopic (exact) mass is 224 g/mol. The van der Waals surface area contributed by atoms with Crippen LogP contribution in [0.5, 0.6) is 0 Å². The van der Waals surface area contributed by atoms with Gasteiger partial charge in [0.15, 0.2) is 0 Å². The second-order valence-corrected chi connectivity index (χ2v) is 3.00. The fourth-order valence-electron chi connectivity index (χ4n) is 0.945. The standard InChI is InChI=1S/C8H7ClF2OS/c9-4-6-1-2-8(10)3-7(6)5-12-13-11/h1-3H,4-5H2. The molecule has 0 amide bonds. The normalized spacial score (nSPS) is 10.4. The van der Waals surface area contributed by atoms with E-state index in [0.717, 1.165) is 5.56 Å². The summed E-state index contributed by atoms with van der Waals surface area (Å²) < 4.78 is 28.7. The Hall–Kier alpha value is -0.320. The van der Waals surface area contributed by atoms with E-state index in [4.69, 9.17) is 11.6 Å². The van der Waals surface area contributed by atoms with Crippen LogP contribution in [0.1, 0.15) is 11.1 Å². The lowest BCUT2D eigenvalue weighted by Gasteiger charge is -2.04. The van der Waals surface area contributed by atoms with Crippen LogP contribution in [0.2, 0.25) is 0 Å². The van der Waals surface area contributed by atoms with Crippen LogP contribution in [-0.2, 0) is 16.7 Å². The maximum Gasteiger partial charge on any atom is 0.208 e.